The molecule has 62 valence electrons. The Morgan fingerprint density at radius 3 is 2.42 bits per heavy atom. The first kappa shape index (κ1) is 12.0. The molecule has 0 amide bonds. The summed E-state index contributed by atoms with van der Waals surface area (Å²) >= 11 is -1.27. The van der Waals surface area contributed by atoms with E-state index < -0.39 is 17.1 Å². The summed E-state index contributed by atoms with van der Waals surface area (Å²) in [5.41, 5.74) is 0. The number of hydrogen-bond donors (Lipinski definition) is 0. The molecule has 0 atom stereocenters. The van der Waals surface area contributed by atoms with Crippen molar-refractivity contribution >= 4 is 32.7 Å². The van der Waals surface area contributed by atoms with Crippen molar-refractivity contribution in [3.8, 4) is 0 Å². The molecular weight excluding hydrogens is 320 g/mol. The van der Waals surface area contributed by atoms with Crippen LogP contribution in [-0.4, -0.2) is 11.7 Å². The Morgan fingerprint density at radius 2 is 1.92 bits per heavy atom. The molecule has 0 saturated heterocycles. The van der Waals surface area contributed by atoms with E-state index in [2.05, 4.69) is 4.74 Å². The zero-order valence-electron chi connectivity index (χ0n) is 6.82. The summed E-state index contributed by atoms with van der Waals surface area (Å²) in [5, 5.41) is 0. The van der Waals surface area contributed by atoms with E-state index in [0.29, 0.717) is 0 Å². The number of carbonyl (C=O) groups excluding carboxylic acids is 1. The Morgan fingerprint density at radius 1 is 1.33 bits per heavy atom. The van der Waals surface area contributed by atoms with Crippen molar-refractivity contribution in [1.82, 2.24) is 0 Å². The topological polar surface area (TPSA) is 26.3 Å². The van der Waals surface area contributed by atoms with Gasteiger partial charge in [-0.15, -0.1) is 24.0 Å². The van der Waals surface area contributed by atoms with Crippen LogP contribution in [0, 0.1) is 0 Å². The van der Waals surface area contributed by atoms with Crippen LogP contribution in [0.4, 0.5) is 4.79 Å². The van der Waals surface area contributed by atoms with Crippen LogP contribution in [0.3, 0.4) is 0 Å². The third kappa shape index (κ3) is 4.16. The molecule has 2 nitrogen and oxygen atoms in total. The zero-order valence-corrected chi connectivity index (χ0v) is 12.1. The van der Waals surface area contributed by atoms with Gasteiger partial charge in [0.2, 0.25) is 0 Å². The summed E-state index contributed by atoms with van der Waals surface area (Å²) < 4.78 is 5.76. The van der Waals surface area contributed by atoms with Gasteiger partial charge in [0.1, 0.15) is 0 Å². The molecule has 0 N–H and O–H groups in total. The molecule has 0 aliphatic carbocycles. The first-order chi connectivity index (χ1) is 5.33. The van der Waals surface area contributed by atoms with Crippen LogP contribution in [0.1, 0.15) is 0 Å². The minimum atomic E-state index is -1.27. The fraction of sp³-hybridized carbons (Fsp3) is 0.125. The number of halogens is 1. The monoisotopic (exact) mass is 328 g/mol. The van der Waals surface area contributed by atoms with Crippen LogP contribution in [0.25, 0.3) is 0 Å². The number of rotatable bonds is 2. The minimum absolute atomic E-state index is 0. The predicted octanol–water partition coefficient (Wildman–Crippen LogP) is 1.78. The molecule has 0 aliphatic rings. The second-order valence-corrected chi connectivity index (χ2v) is 5.90. The van der Waals surface area contributed by atoms with Gasteiger partial charge in [-0.25, -0.2) is 0 Å². The molecule has 0 aliphatic heterocycles. The van der Waals surface area contributed by atoms with E-state index in [9.17, 15) is 4.79 Å². The van der Waals surface area contributed by atoms with Crippen molar-refractivity contribution in [2.45, 2.75) is 0 Å². The summed E-state index contributed by atoms with van der Waals surface area (Å²) in [6.07, 6.45) is 0. The Kier molecular flexibility index (Phi) is 6.57. The average molecular weight is 329 g/mol. The fourth-order valence-electron chi connectivity index (χ4n) is 0.835. The van der Waals surface area contributed by atoms with E-state index in [-0.39, 0.29) is 28.5 Å². The van der Waals surface area contributed by atoms with Crippen molar-refractivity contribution in [3.63, 3.8) is 0 Å². The predicted molar refractivity (Wildman–Crippen MR) is 53.9 cm³/mol. The van der Waals surface area contributed by atoms with E-state index >= 15 is 0 Å². The first-order valence-electron chi connectivity index (χ1n) is 3.43. The van der Waals surface area contributed by atoms with Crippen molar-refractivity contribution in [1.29, 1.82) is 0 Å². The number of methoxy groups -OCH3 is 1. The number of benzene rings is 1. The summed E-state index contributed by atoms with van der Waals surface area (Å²) in [6.45, 7) is 0. The summed E-state index contributed by atoms with van der Waals surface area (Å²) in [4.78, 5) is 10.8. The SMILES string of the molecule is CO[C](=O)[Zn][c]1ccccc1.I. The molecule has 0 saturated carbocycles. The van der Waals surface area contributed by atoms with Gasteiger partial charge < -0.3 is 0 Å². The van der Waals surface area contributed by atoms with Gasteiger partial charge in [-0.2, -0.15) is 0 Å². The van der Waals surface area contributed by atoms with Gasteiger partial charge in [-0.3, -0.25) is 0 Å². The van der Waals surface area contributed by atoms with E-state index in [0.717, 1.165) is 0 Å². The second-order valence-electron chi connectivity index (χ2n) is 2.24. The molecule has 0 radical (unpaired) electrons. The largest absolute Gasteiger partial charge is 0.107 e. The summed E-state index contributed by atoms with van der Waals surface area (Å²) in [5.74, 6) is 0. The van der Waals surface area contributed by atoms with Crippen LogP contribution < -0.4 is 4.16 Å². The molecule has 12 heavy (non-hydrogen) atoms. The van der Waals surface area contributed by atoms with Gasteiger partial charge in [-0.1, -0.05) is 0 Å². The number of carbonyl (C=O) groups is 1. The Labute approximate surface area is 96.3 Å². The van der Waals surface area contributed by atoms with Gasteiger partial charge >= 0.3 is 72.8 Å². The third-order valence-electron chi connectivity index (χ3n) is 1.42. The van der Waals surface area contributed by atoms with Gasteiger partial charge in [0.25, 0.3) is 0 Å². The molecule has 1 aromatic carbocycles. The maximum Gasteiger partial charge on any atom is -0.107 e. The maximum atomic E-state index is 10.8. The zero-order chi connectivity index (χ0) is 8.10. The number of ether oxygens (including phenoxy) is 1. The van der Waals surface area contributed by atoms with Crippen molar-refractivity contribution in [2.24, 2.45) is 0 Å². The van der Waals surface area contributed by atoms with Crippen molar-refractivity contribution < 1.29 is 26.7 Å². The van der Waals surface area contributed by atoms with Gasteiger partial charge in [-0.05, 0) is 0 Å². The smallest absolute Gasteiger partial charge is 0.107 e. The molecule has 0 spiro atoms. The van der Waals surface area contributed by atoms with Crippen molar-refractivity contribution in [3.05, 3.63) is 30.3 Å². The van der Waals surface area contributed by atoms with E-state index in [1.165, 1.54) is 11.3 Å². The number of hydrogen-bond acceptors (Lipinski definition) is 2. The van der Waals surface area contributed by atoms with Gasteiger partial charge in [0, 0.05) is 0 Å². The summed E-state index contributed by atoms with van der Waals surface area (Å²) in [6, 6.07) is 9.81. The Hall–Kier alpha value is 0.0434. The van der Waals surface area contributed by atoms with Gasteiger partial charge in [0.05, 0.1) is 0 Å². The van der Waals surface area contributed by atoms with Crippen LogP contribution in [-0.2, 0) is 21.9 Å². The van der Waals surface area contributed by atoms with Crippen LogP contribution in [0.2, 0.25) is 0 Å². The molecule has 0 heterocycles. The van der Waals surface area contributed by atoms with Gasteiger partial charge in [0.15, 0.2) is 0 Å². The Balaban J connectivity index is 0.00000121. The molecule has 1 rings (SSSR count). The van der Waals surface area contributed by atoms with E-state index in [1.807, 2.05) is 30.3 Å². The van der Waals surface area contributed by atoms with Crippen LogP contribution in [0.5, 0.6) is 0 Å². The van der Waals surface area contributed by atoms with E-state index in [4.69, 9.17) is 0 Å². The Bertz CT molecular complexity index is 238. The second kappa shape index (κ2) is 6.55. The first-order valence-corrected chi connectivity index (χ1v) is 6.40. The quantitative estimate of drug-likeness (QED) is 0.611. The van der Waals surface area contributed by atoms with Crippen LogP contribution >= 0.6 is 24.0 Å². The van der Waals surface area contributed by atoms with E-state index in [1.54, 1.807) is 0 Å². The maximum absolute atomic E-state index is 10.8. The molecule has 0 unspecified atom stereocenters. The third-order valence-corrected chi connectivity index (χ3v) is 4.48. The van der Waals surface area contributed by atoms with Crippen molar-refractivity contribution in [2.75, 3.05) is 7.11 Å². The van der Waals surface area contributed by atoms with Crippen LogP contribution in [0.15, 0.2) is 30.3 Å². The molecule has 4 heteroatoms. The molecular formula is C8H9IO2Zn. The summed E-state index contributed by atoms with van der Waals surface area (Å²) in [7, 11) is 1.44. The molecule has 1 aromatic rings. The standard InChI is InChI=1S/C6H5.C2H3O2.HI.Zn/c1-2-4-6-5-3-1;1-4-2-3;;/h1-5H;1H3;1H;. The molecule has 0 bridgehead atoms. The normalized spacial score (nSPS) is 7.75. The fourth-order valence-corrected chi connectivity index (χ4v) is 2.90. The average Bonchev–Trinajstić information content (AvgIpc) is 2.06. The molecule has 0 aromatic heterocycles. The minimum Gasteiger partial charge on any atom is -0.107 e. The molecule has 0 fully saturated rings.